The Morgan fingerprint density at radius 1 is 1.00 bits per heavy atom. The summed E-state index contributed by atoms with van der Waals surface area (Å²) in [7, 11) is 0. The Bertz CT molecular complexity index is 288. The molecular formula is C16H25. The van der Waals surface area contributed by atoms with Crippen LogP contribution in [0.5, 0.6) is 0 Å². The Kier molecular flexibility index (Phi) is 6.22. The predicted octanol–water partition coefficient (Wildman–Crippen LogP) is 5.33. The number of hydrogen-bond donors (Lipinski definition) is 0. The zero-order valence-electron chi connectivity index (χ0n) is 10.8. The van der Waals surface area contributed by atoms with Crippen LogP contribution in [0.15, 0.2) is 24.3 Å². The van der Waals surface area contributed by atoms with Gasteiger partial charge in [0.05, 0.1) is 0 Å². The van der Waals surface area contributed by atoms with Crippen molar-refractivity contribution < 1.29 is 0 Å². The lowest BCUT2D eigenvalue weighted by Gasteiger charge is -2.18. The van der Waals surface area contributed by atoms with Crippen LogP contribution in [-0.2, 0) is 0 Å². The Morgan fingerprint density at radius 2 is 1.75 bits per heavy atom. The van der Waals surface area contributed by atoms with Gasteiger partial charge in [0.15, 0.2) is 0 Å². The quantitative estimate of drug-likeness (QED) is 0.541. The first kappa shape index (κ1) is 13.3. The van der Waals surface area contributed by atoms with Gasteiger partial charge in [0, 0.05) is 0 Å². The Hall–Kier alpha value is -0.780. The number of hydrogen-bond acceptors (Lipinski definition) is 0. The molecule has 16 heavy (non-hydrogen) atoms. The van der Waals surface area contributed by atoms with Crippen molar-refractivity contribution in [2.75, 3.05) is 0 Å². The minimum absolute atomic E-state index is 0.727. The molecular weight excluding hydrogens is 192 g/mol. The molecule has 1 atom stereocenters. The lowest BCUT2D eigenvalue weighted by Crippen LogP contribution is -2.01. The van der Waals surface area contributed by atoms with E-state index in [0.717, 1.165) is 5.92 Å². The number of unbranched alkanes of at least 4 members (excludes halogenated alkanes) is 2. The monoisotopic (exact) mass is 217 g/mol. The summed E-state index contributed by atoms with van der Waals surface area (Å²) in [4.78, 5) is 0. The molecule has 0 aliphatic rings. The molecule has 0 aliphatic carbocycles. The summed E-state index contributed by atoms with van der Waals surface area (Å²) in [5, 5.41) is 0. The first-order valence-electron chi connectivity index (χ1n) is 6.70. The van der Waals surface area contributed by atoms with E-state index < -0.39 is 0 Å². The van der Waals surface area contributed by atoms with E-state index in [1.54, 1.807) is 0 Å². The molecule has 0 aliphatic heterocycles. The maximum absolute atomic E-state index is 4.15. The molecule has 0 fully saturated rings. The van der Waals surface area contributed by atoms with E-state index in [1.807, 2.05) is 0 Å². The molecule has 0 aromatic heterocycles. The van der Waals surface area contributed by atoms with Crippen LogP contribution < -0.4 is 0 Å². The van der Waals surface area contributed by atoms with Gasteiger partial charge in [-0.3, -0.25) is 0 Å². The van der Waals surface area contributed by atoms with Gasteiger partial charge in [-0.2, -0.15) is 0 Å². The second kappa shape index (κ2) is 7.49. The van der Waals surface area contributed by atoms with Gasteiger partial charge < -0.3 is 0 Å². The van der Waals surface area contributed by atoms with E-state index in [1.165, 1.54) is 49.7 Å². The van der Waals surface area contributed by atoms with Gasteiger partial charge in [0.1, 0.15) is 0 Å². The van der Waals surface area contributed by atoms with Crippen molar-refractivity contribution >= 4 is 0 Å². The fourth-order valence-corrected chi connectivity index (χ4v) is 2.38. The maximum Gasteiger partial charge on any atom is -0.0159 e. The van der Waals surface area contributed by atoms with Crippen LogP contribution in [0.4, 0.5) is 0 Å². The zero-order valence-corrected chi connectivity index (χ0v) is 10.8. The average molecular weight is 217 g/mol. The normalized spacial score (nSPS) is 12.7. The molecule has 0 saturated carbocycles. The fourth-order valence-electron chi connectivity index (χ4n) is 2.38. The lowest BCUT2D eigenvalue weighted by molar-refractivity contribution is 0.528. The molecule has 1 aromatic carbocycles. The van der Waals surface area contributed by atoms with Crippen LogP contribution in [0.3, 0.4) is 0 Å². The van der Waals surface area contributed by atoms with Gasteiger partial charge >= 0.3 is 0 Å². The highest BCUT2D eigenvalue weighted by atomic mass is 14.2. The Labute approximate surface area is 101 Å². The van der Waals surface area contributed by atoms with Gasteiger partial charge in [-0.05, 0) is 36.8 Å². The third-order valence-electron chi connectivity index (χ3n) is 3.29. The molecule has 0 heteroatoms. The van der Waals surface area contributed by atoms with Crippen molar-refractivity contribution in [3.8, 4) is 0 Å². The third-order valence-corrected chi connectivity index (χ3v) is 3.29. The zero-order chi connectivity index (χ0) is 11.8. The van der Waals surface area contributed by atoms with Crippen molar-refractivity contribution in [3.63, 3.8) is 0 Å². The minimum atomic E-state index is 0.727. The summed E-state index contributed by atoms with van der Waals surface area (Å²) < 4.78 is 0. The highest BCUT2D eigenvalue weighted by Gasteiger charge is 2.11. The minimum Gasteiger partial charge on any atom is -0.0654 e. The molecule has 0 nitrogen and oxygen atoms in total. The largest absolute Gasteiger partial charge is 0.0654 e. The van der Waals surface area contributed by atoms with Gasteiger partial charge in [-0.15, -0.1) is 0 Å². The Balaban J connectivity index is 2.65. The summed E-state index contributed by atoms with van der Waals surface area (Å²) in [6.45, 7) is 8.70. The van der Waals surface area contributed by atoms with E-state index in [4.69, 9.17) is 0 Å². The van der Waals surface area contributed by atoms with E-state index in [2.05, 4.69) is 45.0 Å². The number of benzene rings is 1. The molecule has 89 valence electrons. The molecule has 0 spiro atoms. The SMILES string of the molecule is [CH2]c1ccccc1C(CCC)CCCCC. The Morgan fingerprint density at radius 3 is 2.38 bits per heavy atom. The van der Waals surface area contributed by atoms with Crippen LogP contribution in [0.25, 0.3) is 0 Å². The molecule has 0 bridgehead atoms. The van der Waals surface area contributed by atoms with E-state index in [0.29, 0.717) is 0 Å². The first-order valence-corrected chi connectivity index (χ1v) is 6.70. The summed E-state index contributed by atoms with van der Waals surface area (Å²) in [5.41, 5.74) is 2.69. The van der Waals surface area contributed by atoms with Gasteiger partial charge in [0.2, 0.25) is 0 Å². The molecule has 0 heterocycles. The van der Waals surface area contributed by atoms with Crippen molar-refractivity contribution in [1.82, 2.24) is 0 Å². The van der Waals surface area contributed by atoms with Gasteiger partial charge in [-0.1, -0.05) is 63.8 Å². The third kappa shape index (κ3) is 4.00. The van der Waals surface area contributed by atoms with Gasteiger partial charge in [0.25, 0.3) is 0 Å². The summed E-state index contributed by atoms with van der Waals surface area (Å²) in [6.07, 6.45) is 7.93. The van der Waals surface area contributed by atoms with Crippen LogP contribution in [0.2, 0.25) is 0 Å². The first-order chi connectivity index (χ1) is 7.79. The van der Waals surface area contributed by atoms with Crippen LogP contribution >= 0.6 is 0 Å². The lowest BCUT2D eigenvalue weighted by atomic mass is 9.87. The molecule has 1 aromatic rings. The topological polar surface area (TPSA) is 0 Å². The highest BCUT2D eigenvalue weighted by molar-refractivity contribution is 5.32. The van der Waals surface area contributed by atoms with E-state index in [9.17, 15) is 0 Å². The second-order valence-corrected chi connectivity index (χ2v) is 4.68. The van der Waals surface area contributed by atoms with Crippen LogP contribution in [0, 0.1) is 6.92 Å². The summed E-state index contributed by atoms with van der Waals surface area (Å²) in [6, 6.07) is 8.62. The van der Waals surface area contributed by atoms with Crippen molar-refractivity contribution in [3.05, 3.63) is 42.3 Å². The standard InChI is InChI=1S/C16H25/c1-4-6-7-12-15(10-5-2)16-13-9-8-11-14(16)3/h8-9,11,13,15H,3-7,10,12H2,1-2H3. The van der Waals surface area contributed by atoms with Crippen LogP contribution in [-0.4, -0.2) is 0 Å². The predicted molar refractivity (Wildman–Crippen MR) is 72.7 cm³/mol. The van der Waals surface area contributed by atoms with E-state index >= 15 is 0 Å². The fraction of sp³-hybridized carbons (Fsp3) is 0.562. The molecule has 1 radical (unpaired) electrons. The van der Waals surface area contributed by atoms with Gasteiger partial charge in [-0.25, -0.2) is 0 Å². The molecule has 0 amide bonds. The van der Waals surface area contributed by atoms with Crippen molar-refractivity contribution in [2.45, 2.75) is 58.3 Å². The van der Waals surface area contributed by atoms with Crippen molar-refractivity contribution in [2.24, 2.45) is 0 Å². The molecule has 0 N–H and O–H groups in total. The molecule has 1 unspecified atom stereocenters. The van der Waals surface area contributed by atoms with E-state index in [-0.39, 0.29) is 0 Å². The highest BCUT2D eigenvalue weighted by Crippen LogP contribution is 2.29. The smallest absolute Gasteiger partial charge is 0.0159 e. The maximum atomic E-state index is 4.15. The molecule has 0 saturated heterocycles. The average Bonchev–Trinajstić information content (AvgIpc) is 2.29. The summed E-state index contributed by atoms with van der Waals surface area (Å²) >= 11 is 0. The number of rotatable bonds is 7. The summed E-state index contributed by atoms with van der Waals surface area (Å²) in [5.74, 6) is 0.727. The second-order valence-electron chi connectivity index (χ2n) is 4.68. The molecule has 1 rings (SSSR count). The van der Waals surface area contributed by atoms with Crippen molar-refractivity contribution in [1.29, 1.82) is 0 Å². The van der Waals surface area contributed by atoms with Crippen LogP contribution in [0.1, 0.15) is 69.4 Å².